The lowest BCUT2D eigenvalue weighted by Gasteiger charge is -2.01. The van der Waals surface area contributed by atoms with Gasteiger partial charge in [-0.1, -0.05) is 29.8 Å². The fourth-order valence-corrected chi connectivity index (χ4v) is 2.04. The average Bonchev–Trinajstić information content (AvgIpc) is 2.83. The van der Waals surface area contributed by atoms with Crippen LogP contribution in [0.3, 0.4) is 0 Å². The zero-order valence-electron chi connectivity index (χ0n) is 9.80. The van der Waals surface area contributed by atoms with E-state index < -0.39 is 0 Å². The van der Waals surface area contributed by atoms with Crippen LogP contribution in [0.5, 0.6) is 5.88 Å². The Labute approximate surface area is 110 Å². The van der Waals surface area contributed by atoms with Crippen LogP contribution in [0, 0.1) is 0 Å². The van der Waals surface area contributed by atoms with E-state index in [-0.39, 0.29) is 0 Å². The lowest BCUT2D eigenvalue weighted by atomic mass is 10.2. The summed E-state index contributed by atoms with van der Waals surface area (Å²) in [5, 5.41) is 0.722. The Hall–Kier alpha value is -2.00. The second kappa shape index (κ2) is 4.35. The highest BCUT2D eigenvalue weighted by atomic mass is 35.5. The molecule has 0 saturated carbocycles. The van der Waals surface area contributed by atoms with Gasteiger partial charge in [-0.05, 0) is 24.3 Å². The predicted octanol–water partition coefficient (Wildman–Crippen LogP) is 3.66. The lowest BCUT2D eigenvalue weighted by Crippen LogP contribution is -1.91. The fraction of sp³-hybridized carbons (Fsp3) is 0.0714. The second-order valence-electron chi connectivity index (χ2n) is 3.93. The maximum absolute atomic E-state index is 5.88. The molecule has 0 fully saturated rings. The smallest absolute Gasteiger partial charge is 0.198 e. The zero-order chi connectivity index (χ0) is 12.5. The Kier molecular flexibility index (Phi) is 2.68. The van der Waals surface area contributed by atoms with E-state index in [1.807, 2.05) is 53.1 Å². The highest BCUT2D eigenvalue weighted by Gasteiger charge is 2.06. The van der Waals surface area contributed by atoms with Gasteiger partial charge in [0.05, 0.1) is 12.8 Å². The largest absolute Gasteiger partial charge is 0.482 e. The summed E-state index contributed by atoms with van der Waals surface area (Å²) in [5.41, 5.74) is 2.79. The van der Waals surface area contributed by atoms with Crippen LogP contribution < -0.4 is 4.74 Å². The van der Waals surface area contributed by atoms with Crippen LogP contribution in [-0.2, 0) is 0 Å². The van der Waals surface area contributed by atoms with Crippen LogP contribution in [0.2, 0.25) is 5.02 Å². The summed E-state index contributed by atoms with van der Waals surface area (Å²) in [5.74, 6) is 0.764. The van der Waals surface area contributed by atoms with Crippen molar-refractivity contribution in [2.75, 3.05) is 7.11 Å². The summed E-state index contributed by atoms with van der Waals surface area (Å²) in [6.45, 7) is 0. The van der Waals surface area contributed by atoms with Gasteiger partial charge in [-0.15, -0.1) is 0 Å². The van der Waals surface area contributed by atoms with Crippen molar-refractivity contribution in [2.24, 2.45) is 0 Å². The molecule has 2 aromatic heterocycles. The summed E-state index contributed by atoms with van der Waals surface area (Å²) < 4.78 is 7.22. The molecule has 0 aliphatic carbocycles. The van der Waals surface area contributed by atoms with Gasteiger partial charge in [0.2, 0.25) is 0 Å². The third-order valence-corrected chi connectivity index (χ3v) is 3.06. The van der Waals surface area contributed by atoms with E-state index in [1.165, 1.54) is 0 Å². The molecular formula is C14H11ClN2O. The molecule has 2 heterocycles. The molecule has 3 aromatic rings. The van der Waals surface area contributed by atoms with Crippen LogP contribution in [0.15, 0.2) is 48.7 Å². The monoisotopic (exact) mass is 258 g/mol. The van der Waals surface area contributed by atoms with Gasteiger partial charge in [0.15, 0.2) is 5.88 Å². The van der Waals surface area contributed by atoms with Crippen LogP contribution in [-0.4, -0.2) is 16.5 Å². The summed E-state index contributed by atoms with van der Waals surface area (Å²) in [4.78, 5) is 4.56. The van der Waals surface area contributed by atoms with Crippen molar-refractivity contribution in [1.82, 2.24) is 9.38 Å². The maximum atomic E-state index is 5.88. The van der Waals surface area contributed by atoms with Gasteiger partial charge >= 0.3 is 0 Å². The summed E-state index contributed by atoms with van der Waals surface area (Å²) >= 11 is 5.88. The van der Waals surface area contributed by atoms with Gasteiger partial charge in [0, 0.05) is 16.8 Å². The van der Waals surface area contributed by atoms with E-state index >= 15 is 0 Å². The molecule has 0 spiro atoms. The van der Waals surface area contributed by atoms with Crippen molar-refractivity contribution < 1.29 is 4.74 Å². The SMILES string of the molecule is COc1cccc2nc(-c3ccc(Cl)cc3)cn12. The van der Waals surface area contributed by atoms with Gasteiger partial charge in [-0.25, -0.2) is 4.98 Å². The molecule has 0 atom stereocenters. The number of halogens is 1. The third-order valence-electron chi connectivity index (χ3n) is 2.80. The molecule has 0 amide bonds. The Morgan fingerprint density at radius 1 is 1.11 bits per heavy atom. The van der Waals surface area contributed by atoms with Crippen molar-refractivity contribution in [3.63, 3.8) is 0 Å². The van der Waals surface area contributed by atoms with Gasteiger partial charge in [0.1, 0.15) is 5.65 Å². The molecule has 3 nitrogen and oxygen atoms in total. The third kappa shape index (κ3) is 1.83. The van der Waals surface area contributed by atoms with E-state index in [1.54, 1.807) is 7.11 Å². The van der Waals surface area contributed by atoms with E-state index in [4.69, 9.17) is 16.3 Å². The molecule has 3 rings (SSSR count). The number of nitrogens with zero attached hydrogens (tertiary/aromatic N) is 2. The van der Waals surface area contributed by atoms with Gasteiger partial charge in [0.25, 0.3) is 0 Å². The number of aromatic nitrogens is 2. The number of hydrogen-bond acceptors (Lipinski definition) is 2. The number of methoxy groups -OCH3 is 1. The minimum absolute atomic E-state index is 0.722. The minimum atomic E-state index is 0.722. The van der Waals surface area contributed by atoms with Gasteiger partial charge in [-0.2, -0.15) is 0 Å². The first-order chi connectivity index (χ1) is 8.78. The Morgan fingerprint density at radius 3 is 2.61 bits per heavy atom. The van der Waals surface area contributed by atoms with Crippen LogP contribution >= 0.6 is 11.6 Å². The predicted molar refractivity (Wildman–Crippen MR) is 72.2 cm³/mol. The zero-order valence-corrected chi connectivity index (χ0v) is 10.6. The van der Waals surface area contributed by atoms with Crippen molar-refractivity contribution >= 4 is 17.2 Å². The van der Waals surface area contributed by atoms with E-state index in [0.29, 0.717) is 0 Å². The first-order valence-electron chi connectivity index (χ1n) is 5.56. The number of fused-ring (bicyclic) bond motifs is 1. The van der Waals surface area contributed by atoms with E-state index in [9.17, 15) is 0 Å². The lowest BCUT2D eigenvalue weighted by molar-refractivity contribution is 0.392. The quantitative estimate of drug-likeness (QED) is 0.701. The summed E-state index contributed by atoms with van der Waals surface area (Å²) in [6, 6.07) is 13.4. The minimum Gasteiger partial charge on any atom is -0.482 e. The molecule has 0 aliphatic rings. The topological polar surface area (TPSA) is 26.5 Å². The Balaban J connectivity index is 2.16. The maximum Gasteiger partial charge on any atom is 0.198 e. The first kappa shape index (κ1) is 11.1. The van der Waals surface area contributed by atoms with E-state index in [0.717, 1.165) is 27.8 Å². The van der Waals surface area contributed by atoms with Crippen molar-refractivity contribution in [2.45, 2.75) is 0 Å². The molecule has 4 heteroatoms. The summed E-state index contributed by atoms with van der Waals surface area (Å²) in [6.07, 6.45) is 1.96. The summed E-state index contributed by atoms with van der Waals surface area (Å²) in [7, 11) is 1.65. The second-order valence-corrected chi connectivity index (χ2v) is 4.37. The molecule has 0 aliphatic heterocycles. The molecule has 90 valence electrons. The van der Waals surface area contributed by atoms with Crippen molar-refractivity contribution in [3.05, 3.63) is 53.7 Å². The Morgan fingerprint density at radius 2 is 1.89 bits per heavy atom. The highest BCUT2D eigenvalue weighted by molar-refractivity contribution is 6.30. The number of benzene rings is 1. The molecule has 0 unspecified atom stereocenters. The van der Waals surface area contributed by atoms with Crippen molar-refractivity contribution in [1.29, 1.82) is 0 Å². The Bertz CT molecular complexity index is 689. The molecule has 0 saturated heterocycles. The van der Waals surface area contributed by atoms with Crippen LogP contribution in [0.25, 0.3) is 16.9 Å². The fourth-order valence-electron chi connectivity index (χ4n) is 1.91. The van der Waals surface area contributed by atoms with Gasteiger partial charge in [-0.3, -0.25) is 4.40 Å². The highest BCUT2D eigenvalue weighted by Crippen LogP contribution is 2.23. The molecule has 1 aromatic carbocycles. The van der Waals surface area contributed by atoms with Crippen LogP contribution in [0.4, 0.5) is 0 Å². The molecule has 18 heavy (non-hydrogen) atoms. The van der Waals surface area contributed by atoms with Gasteiger partial charge < -0.3 is 4.74 Å². The van der Waals surface area contributed by atoms with E-state index in [2.05, 4.69) is 4.98 Å². The molecule has 0 bridgehead atoms. The number of ether oxygens (including phenoxy) is 1. The van der Waals surface area contributed by atoms with Crippen LogP contribution in [0.1, 0.15) is 0 Å². The first-order valence-corrected chi connectivity index (χ1v) is 5.94. The number of rotatable bonds is 2. The standard InChI is InChI=1S/C14H11ClN2O/c1-18-14-4-2-3-13-16-12(9-17(13)14)10-5-7-11(15)8-6-10/h2-9H,1H3. The molecular weight excluding hydrogens is 248 g/mol. The number of imidazole rings is 1. The van der Waals surface area contributed by atoms with Crippen molar-refractivity contribution in [3.8, 4) is 17.1 Å². The normalized spacial score (nSPS) is 10.8. The number of pyridine rings is 1. The molecule has 0 N–H and O–H groups in total. The molecule has 0 radical (unpaired) electrons. The number of hydrogen-bond donors (Lipinski definition) is 0. The average molecular weight is 259 g/mol.